The highest BCUT2D eigenvalue weighted by Gasteiger charge is 2.23. The van der Waals surface area contributed by atoms with E-state index < -0.39 is 18.3 Å². The molecule has 0 atom stereocenters. The van der Waals surface area contributed by atoms with E-state index in [4.69, 9.17) is 27.9 Å². The fourth-order valence-electron chi connectivity index (χ4n) is 3.28. The van der Waals surface area contributed by atoms with Crippen LogP contribution in [-0.2, 0) is 11.3 Å². The number of nitrogens with one attached hydrogen (secondary N) is 1. The number of aryl methyl sites for hydroxylation is 1. The first-order valence-corrected chi connectivity index (χ1v) is 10.6. The Morgan fingerprint density at radius 2 is 1.94 bits per heavy atom. The first-order chi connectivity index (χ1) is 15.9. The van der Waals surface area contributed by atoms with Gasteiger partial charge in [0, 0.05) is 5.02 Å². The number of ether oxygens (including phenoxy) is 1. The Kier molecular flexibility index (Phi) is 6.36. The molecule has 4 aromatic rings. The van der Waals surface area contributed by atoms with Gasteiger partial charge in [-0.1, -0.05) is 53.5 Å². The van der Waals surface area contributed by atoms with Crippen LogP contribution >= 0.6 is 23.2 Å². The van der Waals surface area contributed by atoms with E-state index in [1.165, 1.54) is 4.68 Å². The van der Waals surface area contributed by atoms with Crippen molar-refractivity contribution in [3.8, 4) is 6.07 Å². The molecule has 0 unspecified atom stereocenters. The van der Waals surface area contributed by atoms with Crippen LogP contribution in [0.25, 0.3) is 16.6 Å². The van der Waals surface area contributed by atoms with Crippen LogP contribution in [0.5, 0.6) is 0 Å². The molecular formula is C23H17Cl2N5O3. The van der Waals surface area contributed by atoms with Gasteiger partial charge < -0.3 is 14.8 Å². The van der Waals surface area contributed by atoms with Crippen molar-refractivity contribution >= 4 is 45.8 Å². The normalized spacial score (nSPS) is 11.8. The number of carbonyl (C=O) groups excluding carboxylic acids is 1. The molecule has 2 N–H and O–H groups in total. The van der Waals surface area contributed by atoms with Crippen molar-refractivity contribution in [1.29, 1.82) is 5.26 Å². The molecule has 0 aliphatic rings. The second-order valence-corrected chi connectivity index (χ2v) is 7.88. The molecule has 2 aromatic carbocycles. The summed E-state index contributed by atoms with van der Waals surface area (Å²) in [5, 5.41) is 24.8. The van der Waals surface area contributed by atoms with Crippen LogP contribution in [0.3, 0.4) is 0 Å². The van der Waals surface area contributed by atoms with Gasteiger partial charge in [0.1, 0.15) is 29.0 Å². The molecule has 0 saturated heterocycles. The molecule has 4 rings (SSSR count). The molecule has 0 aliphatic heterocycles. The van der Waals surface area contributed by atoms with Crippen LogP contribution in [0.1, 0.15) is 27.4 Å². The van der Waals surface area contributed by atoms with Crippen molar-refractivity contribution in [2.75, 3.05) is 6.61 Å². The van der Waals surface area contributed by atoms with Crippen LogP contribution in [0.2, 0.25) is 10.2 Å². The minimum atomic E-state index is -0.781. The SMILES string of the molecule is Cc1nn(Cc2ccccc2Cl)c(Cl)c1C(=O)OC/C(O)=C(\C#N)c1nc2ccccc2[nH]1. The number of rotatable bonds is 6. The number of hydrogen-bond donors (Lipinski definition) is 2. The van der Waals surface area contributed by atoms with Gasteiger partial charge in [-0.3, -0.25) is 0 Å². The van der Waals surface area contributed by atoms with Crippen molar-refractivity contribution in [3.05, 3.63) is 87.1 Å². The largest absolute Gasteiger partial charge is 0.507 e. The number of halogens is 2. The highest BCUT2D eigenvalue weighted by atomic mass is 35.5. The highest BCUT2D eigenvalue weighted by Crippen LogP contribution is 2.25. The zero-order valence-electron chi connectivity index (χ0n) is 17.3. The lowest BCUT2D eigenvalue weighted by atomic mass is 10.2. The zero-order chi connectivity index (χ0) is 23.5. The maximum Gasteiger partial charge on any atom is 0.343 e. The Hall–Kier alpha value is -3.80. The lowest BCUT2D eigenvalue weighted by Crippen LogP contribution is -2.10. The number of nitriles is 1. The number of H-pyrrole nitrogens is 1. The number of allylic oxidation sites excluding steroid dienone is 1. The van der Waals surface area contributed by atoms with E-state index in [-0.39, 0.29) is 28.7 Å². The fourth-order valence-corrected chi connectivity index (χ4v) is 3.79. The molecule has 2 heterocycles. The number of esters is 1. The molecule has 2 aromatic heterocycles. The van der Waals surface area contributed by atoms with Crippen molar-refractivity contribution in [2.24, 2.45) is 0 Å². The smallest absolute Gasteiger partial charge is 0.343 e. The van der Waals surface area contributed by atoms with Crippen molar-refractivity contribution in [2.45, 2.75) is 13.5 Å². The van der Waals surface area contributed by atoms with Gasteiger partial charge >= 0.3 is 5.97 Å². The Balaban J connectivity index is 1.53. The molecule has 0 bridgehead atoms. The van der Waals surface area contributed by atoms with Crippen LogP contribution in [0.15, 0.2) is 54.3 Å². The average molecular weight is 482 g/mol. The molecular weight excluding hydrogens is 465 g/mol. The predicted octanol–water partition coefficient (Wildman–Crippen LogP) is 5.07. The van der Waals surface area contributed by atoms with E-state index in [2.05, 4.69) is 15.1 Å². The van der Waals surface area contributed by atoms with Gasteiger partial charge in [0.15, 0.2) is 11.6 Å². The molecule has 8 nitrogen and oxygen atoms in total. The summed E-state index contributed by atoms with van der Waals surface area (Å²) in [6.07, 6.45) is 0. The molecule has 0 radical (unpaired) electrons. The van der Waals surface area contributed by atoms with Crippen molar-refractivity contribution < 1.29 is 14.6 Å². The van der Waals surface area contributed by atoms with Crippen LogP contribution in [-0.4, -0.2) is 37.4 Å². The van der Waals surface area contributed by atoms with Crippen LogP contribution < -0.4 is 0 Å². The monoisotopic (exact) mass is 481 g/mol. The lowest BCUT2D eigenvalue weighted by molar-refractivity contribution is 0.0502. The summed E-state index contributed by atoms with van der Waals surface area (Å²) in [5.74, 6) is -1.05. The summed E-state index contributed by atoms with van der Waals surface area (Å²) in [5.41, 5.74) is 2.43. The van der Waals surface area contributed by atoms with E-state index in [1.807, 2.05) is 36.4 Å². The van der Waals surface area contributed by atoms with E-state index in [1.54, 1.807) is 25.1 Å². The van der Waals surface area contributed by atoms with Crippen LogP contribution in [0, 0.1) is 18.3 Å². The molecule has 10 heteroatoms. The summed E-state index contributed by atoms with van der Waals surface area (Å²) in [6, 6.07) is 16.3. The number of fused-ring (bicyclic) bond motifs is 1. The Bertz CT molecular complexity index is 1400. The molecule has 0 spiro atoms. The maximum absolute atomic E-state index is 12.7. The third-order valence-corrected chi connectivity index (χ3v) is 5.67. The van der Waals surface area contributed by atoms with Crippen molar-refractivity contribution in [3.63, 3.8) is 0 Å². The van der Waals surface area contributed by atoms with Gasteiger partial charge in [0.05, 0.1) is 23.3 Å². The number of aliphatic hydroxyl groups is 1. The number of imidazole rings is 1. The fraction of sp³-hybridized carbons (Fsp3) is 0.130. The number of aliphatic hydroxyl groups excluding tert-OH is 1. The van der Waals surface area contributed by atoms with Gasteiger partial charge in [-0.05, 0) is 30.7 Å². The summed E-state index contributed by atoms with van der Waals surface area (Å²) < 4.78 is 6.66. The first-order valence-electron chi connectivity index (χ1n) is 9.79. The lowest BCUT2D eigenvalue weighted by Gasteiger charge is -2.07. The number of benzene rings is 2. The standard InChI is InChI=1S/C23H17Cl2N5O3/c1-13-20(21(25)30(29-13)11-14-6-2-3-7-16(14)24)23(32)33-12-19(31)15(10-26)22-27-17-8-4-5-9-18(17)28-22/h2-9,31H,11-12H2,1H3,(H,27,28)/b19-15-. The number of hydrogen-bond acceptors (Lipinski definition) is 6. The molecule has 0 saturated carbocycles. The highest BCUT2D eigenvalue weighted by molar-refractivity contribution is 6.33. The number of carbonyl (C=O) groups is 1. The number of aromatic amines is 1. The summed E-state index contributed by atoms with van der Waals surface area (Å²) in [7, 11) is 0. The third-order valence-electron chi connectivity index (χ3n) is 4.91. The average Bonchev–Trinajstić information content (AvgIpc) is 3.34. The van der Waals surface area contributed by atoms with E-state index in [0.29, 0.717) is 21.7 Å². The molecule has 0 fully saturated rings. The van der Waals surface area contributed by atoms with Gasteiger partial charge in [0.2, 0.25) is 0 Å². The number of para-hydroxylation sites is 2. The van der Waals surface area contributed by atoms with E-state index in [9.17, 15) is 15.2 Å². The second kappa shape index (κ2) is 9.36. The van der Waals surface area contributed by atoms with Crippen LogP contribution in [0.4, 0.5) is 0 Å². The first kappa shape index (κ1) is 22.4. The topological polar surface area (TPSA) is 117 Å². The Morgan fingerprint density at radius 3 is 2.67 bits per heavy atom. The zero-order valence-corrected chi connectivity index (χ0v) is 18.9. The summed E-state index contributed by atoms with van der Waals surface area (Å²) >= 11 is 12.6. The van der Waals surface area contributed by atoms with E-state index in [0.717, 1.165) is 5.56 Å². The number of aromatic nitrogens is 4. The molecule has 166 valence electrons. The molecule has 0 aliphatic carbocycles. The number of nitrogens with zero attached hydrogens (tertiary/aromatic N) is 4. The summed E-state index contributed by atoms with van der Waals surface area (Å²) in [4.78, 5) is 19.9. The van der Waals surface area contributed by atoms with Gasteiger partial charge in [-0.2, -0.15) is 10.4 Å². The quantitative estimate of drug-likeness (QED) is 0.225. The summed E-state index contributed by atoms with van der Waals surface area (Å²) in [6.45, 7) is 1.35. The second-order valence-electron chi connectivity index (χ2n) is 7.11. The van der Waals surface area contributed by atoms with E-state index >= 15 is 0 Å². The minimum absolute atomic E-state index is 0.0683. The van der Waals surface area contributed by atoms with Gasteiger partial charge in [-0.25, -0.2) is 14.5 Å². The third kappa shape index (κ3) is 4.55. The van der Waals surface area contributed by atoms with Gasteiger partial charge in [0.25, 0.3) is 0 Å². The Morgan fingerprint density at radius 1 is 1.21 bits per heavy atom. The minimum Gasteiger partial charge on any atom is -0.507 e. The molecule has 0 amide bonds. The Labute approximate surface area is 198 Å². The van der Waals surface area contributed by atoms with Gasteiger partial charge in [-0.15, -0.1) is 0 Å². The van der Waals surface area contributed by atoms with Crippen molar-refractivity contribution in [1.82, 2.24) is 19.7 Å². The predicted molar refractivity (Wildman–Crippen MR) is 124 cm³/mol. The maximum atomic E-state index is 12.7. The molecule has 33 heavy (non-hydrogen) atoms.